The van der Waals surface area contributed by atoms with Crippen LogP contribution in [0.3, 0.4) is 0 Å². The Morgan fingerprint density at radius 3 is 2.79 bits per heavy atom. The summed E-state index contributed by atoms with van der Waals surface area (Å²) in [6.45, 7) is 4.53. The zero-order chi connectivity index (χ0) is 20.8. The number of rotatable bonds is 9. The highest BCUT2D eigenvalue weighted by Crippen LogP contribution is 2.30. The largest absolute Gasteiger partial charge is 0.497 e. The lowest BCUT2D eigenvalue weighted by Crippen LogP contribution is -2.45. The maximum Gasteiger partial charge on any atom is 0.227 e. The van der Waals surface area contributed by atoms with Gasteiger partial charge >= 0.3 is 0 Å². The van der Waals surface area contributed by atoms with Crippen LogP contribution in [0.2, 0.25) is 0 Å². The van der Waals surface area contributed by atoms with Gasteiger partial charge in [0.1, 0.15) is 10.8 Å². The monoisotopic (exact) mass is 416 g/mol. The summed E-state index contributed by atoms with van der Waals surface area (Å²) in [6.07, 6.45) is 4.18. The number of anilines is 1. The van der Waals surface area contributed by atoms with Crippen molar-refractivity contribution in [2.75, 3.05) is 19.0 Å². The lowest BCUT2D eigenvalue weighted by molar-refractivity contribution is -0.140. The smallest absolute Gasteiger partial charge is 0.227 e. The van der Waals surface area contributed by atoms with Crippen molar-refractivity contribution in [2.45, 2.75) is 52.0 Å². The Balaban J connectivity index is 1.57. The van der Waals surface area contributed by atoms with Crippen LogP contribution in [0.1, 0.15) is 46.0 Å². The fourth-order valence-corrected chi connectivity index (χ4v) is 3.96. The summed E-state index contributed by atoms with van der Waals surface area (Å²) in [4.78, 5) is 27.0. The van der Waals surface area contributed by atoms with Gasteiger partial charge in [-0.15, -0.1) is 10.2 Å². The molecule has 3 rings (SSSR count). The average Bonchev–Trinajstić information content (AvgIpc) is 3.15. The number of hydrogen-bond donors (Lipinski definition) is 1. The van der Waals surface area contributed by atoms with E-state index < -0.39 is 0 Å². The van der Waals surface area contributed by atoms with Crippen molar-refractivity contribution in [3.8, 4) is 16.3 Å². The third-order valence-corrected chi connectivity index (χ3v) is 6.32. The molecular formula is C21H28N4O3S. The van der Waals surface area contributed by atoms with Gasteiger partial charge in [0.25, 0.3) is 0 Å². The van der Waals surface area contributed by atoms with E-state index in [2.05, 4.69) is 22.4 Å². The van der Waals surface area contributed by atoms with Gasteiger partial charge in [0.05, 0.1) is 7.11 Å². The molecule has 0 saturated heterocycles. The number of methoxy groups -OCH3 is 1. The maximum absolute atomic E-state index is 12.7. The maximum atomic E-state index is 12.7. The van der Waals surface area contributed by atoms with Crippen molar-refractivity contribution in [3.63, 3.8) is 0 Å². The van der Waals surface area contributed by atoms with Gasteiger partial charge in [-0.2, -0.15) is 0 Å². The van der Waals surface area contributed by atoms with Crippen LogP contribution in [0.5, 0.6) is 5.75 Å². The third kappa shape index (κ3) is 5.32. The fraction of sp³-hybridized carbons (Fsp3) is 0.524. The Labute approximate surface area is 175 Å². The molecule has 8 heteroatoms. The first-order valence-electron chi connectivity index (χ1n) is 10.1. The van der Waals surface area contributed by atoms with Gasteiger partial charge < -0.3 is 15.0 Å². The fourth-order valence-electron chi connectivity index (χ4n) is 3.21. The molecule has 0 bridgehead atoms. The molecule has 1 saturated carbocycles. The molecule has 0 spiro atoms. The van der Waals surface area contributed by atoms with Gasteiger partial charge in [-0.05, 0) is 38.3 Å². The van der Waals surface area contributed by atoms with Crippen LogP contribution in [0.4, 0.5) is 5.13 Å². The minimum absolute atomic E-state index is 0.136. The van der Waals surface area contributed by atoms with Crippen LogP contribution in [-0.4, -0.2) is 46.6 Å². The van der Waals surface area contributed by atoms with Gasteiger partial charge in [0.15, 0.2) is 0 Å². The number of nitrogens with one attached hydrogen (secondary N) is 1. The first kappa shape index (κ1) is 21.2. The molecule has 1 aromatic heterocycles. The summed E-state index contributed by atoms with van der Waals surface area (Å²) >= 11 is 1.31. The summed E-state index contributed by atoms with van der Waals surface area (Å²) in [5.74, 6) is 0.910. The second-order valence-electron chi connectivity index (χ2n) is 7.36. The first-order chi connectivity index (χ1) is 14.0. The first-order valence-corrected chi connectivity index (χ1v) is 10.9. The van der Waals surface area contributed by atoms with Gasteiger partial charge in [0.2, 0.25) is 16.9 Å². The molecule has 1 N–H and O–H groups in total. The molecular weight excluding hydrogens is 388 g/mol. The van der Waals surface area contributed by atoms with Gasteiger partial charge in [-0.25, -0.2) is 0 Å². The normalized spacial score (nSPS) is 14.7. The van der Waals surface area contributed by atoms with E-state index in [4.69, 9.17) is 4.74 Å². The highest BCUT2D eigenvalue weighted by Gasteiger charge is 2.31. The lowest BCUT2D eigenvalue weighted by atomic mass is 9.84. The highest BCUT2D eigenvalue weighted by atomic mass is 32.1. The number of carbonyl (C=O) groups excluding carboxylic acids is 2. The molecule has 1 aliphatic carbocycles. The van der Waals surface area contributed by atoms with Crippen LogP contribution >= 0.6 is 11.3 Å². The van der Waals surface area contributed by atoms with E-state index in [-0.39, 0.29) is 30.2 Å². The molecule has 156 valence electrons. The molecule has 1 aliphatic rings. The van der Waals surface area contributed by atoms with Crippen LogP contribution < -0.4 is 10.1 Å². The van der Waals surface area contributed by atoms with E-state index in [1.54, 1.807) is 7.11 Å². The molecule has 1 fully saturated rings. The number of ether oxygens (including phenoxy) is 1. The van der Waals surface area contributed by atoms with E-state index in [9.17, 15) is 9.59 Å². The Bertz CT molecular complexity index is 850. The zero-order valence-electron chi connectivity index (χ0n) is 17.2. The number of benzene rings is 1. The third-order valence-electron chi connectivity index (χ3n) is 5.43. The average molecular weight is 417 g/mol. The molecule has 0 aliphatic heterocycles. The van der Waals surface area contributed by atoms with E-state index in [1.165, 1.54) is 11.3 Å². The van der Waals surface area contributed by atoms with E-state index in [0.29, 0.717) is 16.7 Å². The van der Waals surface area contributed by atoms with Crippen LogP contribution in [-0.2, 0) is 9.59 Å². The van der Waals surface area contributed by atoms with Crippen LogP contribution in [0.15, 0.2) is 24.3 Å². The van der Waals surface area contributed by atoms with Crippen molar-refractivity contribution in [1.29, 1.82) is 0 Å². The van der Waals surface area contributed by atoms with Crippen molar-refractivity contribution < 1.29 is 14.3 Å². The number of amides is 2. The molecule has 2 amide bonds. The molecule has 2 aromatic rings. The summed E-state index contributed by atoms with van der Waals surface area (Å²) in [5, 5.41) is 12.2. The lowest BCUT2D eigenvalue weighted by Gasteiger charge is -2.35. The molecule has 0 unspecified atom stereocenters. The van der Waals surface area contributed by atoms with Gasteiger partial charge in [-0.1, -0.05) is 36.8 Å². The van der Waals surface area contributed by atoms with Crippen molar-refractivity contribution >= 4 is 28.3 Å². The zero-order valence-corrected chi connectivity index (χ0v) is 18.0. The Morgan fingerprint density at radius 2 is 2.14 bits per heavy atom. The second-order valence-corrected chi connectivity index (χ2v) is 8.34. The van der Waals surface area contributed by atoms with Crippen LogP contribution in [0, 0.1) is 5.92 Å². The Kier molecular flexibility index (Phi) is 7.19. The predicted molar refractivity (Wildman–Crippen MR) is 114 cm³/mol. The number of nitrogens with zero attached hydrogens (tertiary/aromatic N) is 3. The number of aromatic nitrogens is 2. The quantitative estimate of drug-likeness (QED) is 0.669. The number of carbonyl (C=O) groups is 2. The van der Waals surface area contributed by atoms with Crippen molar-refractivity contribution in [1.82, 2.24) is 15.1 Å². The molecule has 1 atom stereocenters. The topological polar surface area (TPSA) is 84.4 Å². The van der Waals surface area contributed by atoms with Gasteiger partial charge in [0, 0.05) is 30.5 Å². The Morgan fingerprint density at radius 1 is 1.34 bits per heavy atom. The molecule has 1 aromatic carbocycles. The predicted octanol–water partition coefficient (Wildman–Crippen LogP) is 3.97. The molecule has 1 heterocycles. The van der Waals surface area contributed by atoms with Crippen molar-refractivity contribution in [2.24, 2.45) is 5.92 Å². The van der Waals surface area contributed by atoms with Gasteiger partial charge in [-0.3, -0.25) is 9.59 Å². The molecule has 29 heavy (non-hydrogen) atoms. The number of hydrogen-bond acceptors (Lipinski definition) is 6. The summed E-state index contributed by atoms with van der Waals surface area (Å²) in [7, 11) is 1.61. The van der Waals surface area contributed by atoms with Crippen LogP contribution in [0.25, 0.3) is 10.6 Å². The van der Waals surface area contributed by atoms with E-state index in [1.807, 2.05) is 36.1 Å². The van der Waals surface area contributed by atoms with Crippen molar-refractivity contribution in [3.05, 3.63) is 24.3 Å². The summed E-state index contributed by atoms with van der Waals surface area (Å²) in [5.41, 5.74) is 0.886. The van der Waals surface area contributed by atoms with E-state index >= 15 is 0 Å². The second kappa shape index (κ2) is 9.82. The SMILES string of the molecule is CC[C@H](C)N(CCC(=O)Nc1nnc(-c2cccc(OC)c2)s1)C(=O)C1CCC1. The summed E-state index contributed by atoms with van der Waals surface area (Å²) in [6, 6.07) is 7.68. The standard InChI is InChI=1S/C21H28N4O3S/c1-4-14(2)25(20(27)15-7-5-8-15)12-11-18(26)22-21-24-23-19(29-21)16-9-6-10-17(13-16)28-3/h6,9-10,13-15H,4-5,7-8,11-12H2,1-3H3,(H,22,24,26)/t14-/m0/s1. The molecule has 0 radical (unpaired) electrons. The van der Waals surface area contributed by atoms with E-state index in [0.717, 1.165) is 37.0 Å². The minimum atomic E-state index is -0.159. The molecule has 7 nitrogen and oxygen atoms in total. The summed E-state index contributed by atoms with van der Waals surface area (Å²) < 4.78 is 5.23. The minimum Gasteiger partial charge on any atom is -0.497 e. The Hall–Kier alpha value is -2.48. The highest BCUT2D eigenvalue weighted by molar-refractivity contribution is 7.18.